The molecule has 0 aliphatic rings. The van der Waals surface area contributed by atoms with Crippen molar-refractivity contribution in [2.24, 2.45) is 0 Å². The van der Waals surface area contributed by atoms with E-state index in [0.717, 1.165) is 11.3 Å². The molecule has 7 heteroatoms. The number of aryl methyl sites for hydroxylation is 1. The lowest BCUT2D eigenvalue weighted by Crippen LogP contribution is -2.20. The van der Waals surface area contributed by atoms with E-state index in [2.05, 4.69) is 10.3 Å². The minimum absolute atomic E-state index is 0.0860. The molecule has 0 aliphatic carbocycles. The molecule has 0 radical (unpaired) electrons. The summed E-state index contributed by atoms with van der Waals surface area (Å²) in [6.07, 6.45) is 1.82. The first-order valence-electron chi connectivity index (χ1n) is 7.36. The Kier molecular flexibility index (Phi) is 4.71. The number of carbonyl (C=O) groups excluding carboxylic acids is 1. The predicted octanol–water partition coefficient (Wildman–Crippen LogP) is 2.67. The van der Waals surface area contributed by atoms with Crippen molar-refractivity contribution in [1.82, 2.24) is 9.38 Å². The molecule has 5 nitrogen and oxygen atoms in total. The van der Waals surface area contributed by atoms with Crippen LogP contribution in [0.15, 0.2) is 48.7 Å². The van der Waals surface area contributed by atoms with Gasteiger partial charge in [-0.1, -0.05) is 18.2 Å². The molecular weight excluding hydrogens is 329 g/mol. The Morgan fingerprint density at radius 3 is 2.79 bits per heavy atom. The molecule has 1 atom stereocenters. The highest BCUT2D eigenvalue weighted by atomic mass is 32.2. The second-order valence-electron chi connectivity index (χ2n) is 5.38. The molecule has 3 aromatic rings. The van der Waals surface area contributed by atoms with Gasteiger partial charge in [-0.05, 0) is 31.2 Å². The molecule has 2 aromatic heterocycles. The van der Waals surface area contributed by atoms with Gasteiger partial charge < -0.3 is 9.72 Å². The van der Waals surface area contributed by atoms with E-state index >= 15 is 0 Å². The Balaban J connectivity index is 1.63. The molecule has 0 bridgehead atoms. The summed E-state index contributed by atoms with van der Waals surface area (Å²) in [4.78, 5) is 16.3. The van der Waals surface area contributed by atoms with Crippen LogP contribution < -0.4 is 5.32 Å². The maximum Gasteiger partial charge on any atom is 0.237 e. The zero-order valence-corrected chi connectivity index (χ0v) is 13.8. The van der Waals surface area contributed by atoms with E-state index in [1.54, 1.807) is 6.07 Å². The number of fused-ring (bicyclic) bond motifs is 1. The van der Waals surface area contributed by atoms with Crippen molar-refractivity contribution >= 4 is 28.0 Å². The largest absolute Gasteiger partial charge is 0.323 e. The van der Waals surface area contributed by atoms with E-state index in [9.17, 15) is 13.4 Å². The van der Waals surface area contributed by atoms with Crippen molar-refractivity contribution in [3.05, 3.63) is 65.9 Å². The molecule has 1 aromatic carbocycles. The third-order valence-electron chi connectivity index (χ3n) is 3.49. The molecule has 0 spiro atoms. The Bertz CT molecular complexity index is 923. The number of hydrogen-bond acceptors (Lipinski definition) is 3. The maximum atomic E-state index is 13.5. The number of nitrogens with one attached hydrogen (secondary N) is 1. The molecule has 1 N–H and O–H groups in total. The zero-order chi connectivity index (χ0) is 17.1. The smallest absolute Gasteiger partial charge is 0.237 e. The first kappa shape index (κ1) is 16.3. The second-order valence-corrected chi connectivity index (χ2v) is 6.84. The lowest BCUT2D eigenvalue weighted by Gasteiger charge is -2.05. The maximum absolute atomic E-state index is 13.5. The fourth-order valence-electron chi connectivity index (χ4n) is 2.38. The zero-order valence-electron chi connectivity index (χ0n) is 13.0. The highest BCUT2D eigenvalue weighted by Crippen LogP contribution is 2.13. The van der Waals surface area contributed by atoms with E-state index < -0.39 is 22.5 Å². The molecule has 0 saturated carbocycles. The number of aromatic nitrogens is 2. The predicted molar refractivity (Wildman–Crippen MR) is 91.7 cm³/mol. The van der Waals surface area contributed by atoms with Crippen molar-refractivity contribution in [2.75, 3.05) is 11.1 Å². The van der Waals surface area contributed by atoms with E-state index in [1.165, 1.54) is 18.2 Å². The number of rotatable bonds is 5. The highest BCUT2D eigenvalue weighted by molar-refractivity contribution is 7.84. The van der Waals surface area contributed by atoms with Gasteiger partial charge in [0.25, 0.3) is 0 Å². The summed E-state index contributed by atoms with van der Waals surface area (Å²) in [6, 6.07) is 11.6. The summed E-state index contributed by atoms with van der Waals surface area (Å²) in [5, 5.41) is 2.43. The van der Waals surface area contributed by atoms with E-state index in [-0.39, 0.29) is 17.2 Å². The molecule has 0 saturated heterocycles. The van der Waals surface area contributed by atoms with Gasteiger partial charge in [-0.2, -0.15) is 0 Å². The Morgan fingerprint density at radius 1 is 1.25 bits per heavy atom. The van der Waals surface area contributed by atoms with Gasteiger partial charge >= 0.3 is 0 Å². The molecule has 0 fully saturated rings. The van der Waals surface area contributed by atoms with Crippen LogP contribution in [0.3, 0.4) is 0 Å². The number of pyridine rings is 1. The molecule has 1 amide bonds. The first-order chi connectivity index (χ1) is 11.5. The van der Waals surface area contributed by atoms with Crippen LogP contribution >= 0.6 is 0 Å². The van der Waals surface area contributed by atoms with E-state index in [1.807, 2.05) is 35.7 Å². The van der Waals surface area contributed by atoms with Gasteiger partial charge in [-0.25, -0.2) is 9.37 Å². The number of anilines is 1. The van der Waals surface area contributed by atoms with Crippen molar-refractivity contribution in [3.63, 3.8) is 0 Å². The molecule has 124 valence electrons. The number of hydrogen-bond donors (Lipinski definition) is 1. The highest BCUT2D eigenvalue weighted by Gasteiger charge is 2.13. The summed E-state index contributed by atoms with van der Waals surface area (Å²) in [7, 11) is -1.42. The molecule has 3 rings (SSSR count). The van der Waals surface area contributed by atoms with Gasteiger partial charge in [-0.15, -0.1) is 0 Å². The Morgan fingerprint density at radius 2 is 2.04 bits per heavy atom. The number of carbonyl (C=O) groups is 1. The summed E-state index contributed by atoms with van der Waals surface area (Å²) in [6.45, 7) is 1.96. The lowest BCUT2D eigenvalue weighted by atomic mass is 10.3. The SMILES string of the molecule is Cc1cccc2nc(C[S@](=O)CC(=O)Nc3ccccc3F)cn12. The van der Waals surface area contributed by atoms with Crippen molar-refractivity contribution in [3.8, 4) is 0 Å². The van der Waals surface area contributed by atoms with Gasteiger partial charge in [0.15, 0.2) is 0 Å². The Hall–Kier alpha value is -2.54. The lowest BCUT2D eigenvalue weighted by molar-refractivity contribution is -0.113. The third-order valence-corrected chi connectivity index (χ3v) is 4.70. The number of nitrogens with zero attached hydrogens (tertiary/aromatic N) is 2. The first-order valence-corrected chi connectivity index (χ1v) is 8.84. The van der Waals surface area contributed by atoms with E-state index in [0.29, 0.717) is 5.69 Å². The third kappa shape index (κ3) is 3.68. The summed E-state index contributed by atoms with van der Waals surface area (Å²) < 4.78 is 27.6. The van der Waals surface area contributed by atoms with Crippen LogP contribution in [0.5, 0.6) is 0 Å². The number of para-hydroxylation sites is 1. The minimum atomic E-state index is -1.42. The molecule has 0 unspecified atom stereocenters. The quantitative estimate of drug-likeness (QED) is 0.773. The number of imidazole rings is 1. The fraction of sp³-hybridized carbons (Fsp3) is 0.176. The van der Waals surface area contributed by atoms with Gasteiger partial charge in [-0.3, -0.25) is 9.00 Å². The standard InChI is InChI=1S/C17H16FN3O2S/c1-12-5-4-8-16-19-13(9-21(12)16)10-24(23)11-17(22)20-15-7-3-2-6-14(15)18/h2-9H,10-11H2,1H3,(H,20,22)/t24-/m0/s1. The minimum Gasteiger partial charge on any atom is -0.323 e. The van der Waals surface area contributed by atoms with Crippen LogP contribution in [0.2, 0.25) is 0 Å². The number of benzene rings is 1. The van der Waals surface area contributed by atoms with Crippen LogP contribution in [0.25, 0.3) is 5.65 Å². The van der Waals surface area contributed by atoms with Crippen molar-refractivity contribution < 1.29 is 13.4 Å². The van der Waals surface area contributed by atoms with Gasteiger partial charge in [0.1, 0.15) is 17.2 Å². The second kappa shape index (κ2) is 6.92. The van der Waals surface area contributed by atoms with Gasteiger partial charge in [0.2, 0.25) is 5.91 Å². The fourth-order valence-corrected chi connectivity index (χ4v) is 3.32. The van der Waals surface area contributed by atoms with E-state index in [4.69, 9.17) is 0 Å². The van der Waals surface area contributed by atoms with Crippen LogP contribution in [0.4, 0.5) is 10.1 Å². The topological polar surface area (TPSA) is 63.5 Å². The van der Waals surface area contributed by atoms with Gasteiger partial charge in [0, 0.05) is 22.7 Å². The average molecular weight is 345 g/mol. The average Bonchev–Trinajstić information content (AvgIpc) is 2.93. The van der Waals surface area contributed by atoms with Crippen LogP contribution in [0.1, 0.15) is 11.4 Å². The van der Waals surface area contributed by atoms with Crippen molar-refractivity contribution in [2.45, 2.75) is 12.7 Å². The summed E-state index contributed by atoms with van der Waals surface area (Å²) >= 11 is 0. The number of halogens is 1. The molecular formula is C17H16FN3O2S. The molecule has 24 heavy (non-hydrogen) atoms. The van der Waals surface area contributed by atoms with Crippen molar-refractivity contribution in [1.29, 1.82) is 0 Å². The molecule has 0 aliphatic heterocycles. The van der Waals surface area contributed by atoms with Gasteiger partial charge in [0.05, 0.1) is 17.1 Å². The normalized spacial score (nSPS) is 12.2. The van der Waals surface area contributed by atoms with Crippen LogP contribution in [0, 0.1) is 12.7 Å². The Labute approximate surface area is 141 Å². The van der Waals surface area contributed by atoms with Crippen LogP contribution in [-0.2, 0) is 21.3 Å². The monoisotopic (exact) mass is 345 g/mol. The summed E-state index contributed by atoms with van der Waals surface area (Å²) in [5.74, 6) is -1.04. The number of amides is 1. The molecule has 2 heterocycles. The summed E-state index contributed by atoms with van der Waals surface area (Å²) in [5.41, 5.74) is 2.54. The van der Waals surface area contributed by atoms with Crippen LogP contribution in [-0.4, -0.2) is 25.3 Å².